The van der Waals surface area contributed by atoms with Gasteiger partial charge < -0.3 is 20.1 Å². The lowest BCUT2D eigenvalue weighted by atomic mass is 10.0. The van der Waals surface area contributed by atoms with Gasteiger partial charge in [-0.15, -0.1) is 11.3 Å². The van der Waals surface area contributed by atoms with Gasteiger partial charge >= 0.3 is 0 Å². The number of thiophene rings is 1. The highest BCUT2D eigenvalue weighted by Crippen LogP contribution is 2.43. The zero-order valence-electron chi connectivity index (χ0n) is 22.9. The first-order valence-corrected chi connectivity index (χ1v) is 14.7. The molecule has 6 nitrogen and oxygen atoms in total. The van der Waals surface area contributed by atoms with Crippen LogP contribution in [0.1, 0.15) is 43.8 Å². The van der Waals surface area contributed by atoms with Gasteiger partial charge in [-0.25, -0.2) is 9.37 Å². The molecule has 2 N–H and O–H groups in total. The lowest BCUT2D eigenvalue weighted by Gasteiger charge is -2.30. The summed E-state index contributed by atoms with van der Waals surface area (Å²) in [6, 6.07) is 26.5. The maximum atomic E-state index is 14.4. The van der Waals surface area contributed by atoms with E-state index in [1.807, 2.05) is 59.5 Å². The van der Waals surface area contributed by atoms with Gasteiger partial charge in [0.1, 0.15) is 5.82 Å². The van der Waals surface area contributed by atoms with Crippen LogP contribution < -0.4 is 10.2 Å². The van der Waals surface area contributed by atoms with Gasteiger partial charge in [-0.05, 0) is 72.0 Å². The predicted molar refractivity (Wildman–Crippen MR) is 163 cm³/mol. The Bertz CT molecular complexity index is 1810. The fourth-order valence-corrected chi connectivity index (χ4v) is 6.84. The lowest BCUT2D eigenvalue weighted by molar-refractivity contribution is 0.102. The summed E-state index contributed by atoms with van der Waals surface area (Å²) in [5.41, 5.74) is 8.39. The molecule has 3 aromatic carbocycles. The number of aromatic nitrogens is 1. The topological polar surface area (TPSA) is 74.7 Å². The molecule has 7 rings (SSSR count). The van der Waals surface area contributed by atoms with E-state index in [1.54, 1.807) is 19.1 Å². The third-order valence-electron chi connectivity index (χ3n) is 7.92. The number of nitrogens with zero attached hydrogens (tertiary/aromatic N) is 2. The quantitative estimate of drug-likeness (QED) is 0.230. The molecule has 1 atom stereocenters. The number of hydrogen-bond acceptors (Lipinski definition) is 6. The number of amides is 1. The van der Waals surface area contributed by atoms with Gasteiger partial charge in [0.05, 0.1) is 35.2 Å². The number of rotatable bonds is 5. The summed E-state index contributed by atoms with van der Waals surface area (Å²) in [4.78, 5) is 21.5. The molecule has 0 aliphatic carbocycles. The minimum absolute atomic E-state index is 0.198. The number of hydrogen-bond donors (Lipinski definition) is 2. The van der Waals surface area contributed by atoms with Crippen LogP contribution in [0.2, 0.25) is 0 Å². The van der Waals surface area contributed by atoms with Gasteiger partial charge in [-0.2, -0.15) is 0 Å². The normalized spacial score (nSPS) is 14.5. The van der Waals surface area contributed by atoms with Crippen LogP contribution in [-0.4, -0.2) is 22.5 Å². The number of carbonyl (C=O) groups is 1. The summed E-state index contributed by atoms with van der Waals surface area (Å²) in [5.74, 6) is -0.797. The molecule has 2 aliphatic rings. The largest absolute Gasteiger partial charge is 0.372 e. The van der Waals surface area contributed by atoms with E-state index < -0.39 is 12.0 Å². The molecule has 5 aromatic rings. The summed E-state index contributed by atoms with van der Waals surface area (Å²) < 4.78 is 20.0. The van der Waals surface area contributed by atoms with Crippen molar-refractivity contribution in [1.82, 2.24) is 4.98 Å². The molecule has 0 saturated heterocycles. The number of aryl methyl sites for hydroxylation is 1. The second kappa shape index (κ2) is 10.8. The molecular formula is C34H28FN3O3S. The van der Waals surface area contributed by atoms with Gasteiger partial charge in [0.25, 0.3) is 5.91 Å². The summed E-state index contributed by atoms with van der Waals surface area (Å²) in [5, 5.41) is 14.4. The molecule has 4 heterocycles. The molecule has 0 spiro atoms. The Kier molecular flexibility index (Phi) is 6.82. The maximum Gasteiger partial charge on any atom is 0.265 e. The van der Waals surface area contributed by atoms with Gasteiger partial charge in [0.15, 0.2) is 6.23 Å². The Morgan fingerprint density at radius 2 is 1.83 bits per heavy atom. The van der Waals surface area contributed by atoms with Gasteiger partial charge in [0, 0.05) is 28.2 Å². The number of anilines is 2. The number of carbonyl (C=O) groups excluding carboxylic acids is 1. The number of halogens is 1. The number of ether oxygens (including phenoxy) is 1. The predicted octanol–water partition coefficient (Wildman–Crippen LogP) is 7.26. The van der Waals surface area contributed by atoms with Crippen molar-refractivity contribution in [3.05, 3.63) is 124 Å². The third-order valence-corrected chi connectivity index (χ3v) is 9.13. The van der Waals surface area contributed by atoms with Crippen molar-refractivity contribution in [1.29, 1.82) is 0 Å². The Morgan fingerprint density at radius 1 is 1.00 bits per heavy atom. The Morgan fingerprint density at radius 3 is 2.71 bits per heavy atom. The van der Waals surface area contributed by atoms with E-state index in [0.29, 0.717) is 42.3 Å². The van der Waals surface area contributed by atoms with Crippen molar-refractivity contribution in [3.8, 4) is 21.7 Å². The molecule has 2 aromatic heterocycles. The van der Waals surface area contributed by atoms with Crippen molar-refractivity contribution in [3.63, 3.8) is 0 Å². The number of para-hydroxylation sites is 2. The van der Waals surface area contributed by atoms with Crippen LogP contribution in [0.4, 0.5) is 15.8 Å². The van der Waals surface area contributed by atoms with Crippen molar-refractivity contribution < 1.29 is 19.0 Å². The zero-order valence-corrected chi connectivity index (χ0v) is 23.7. The molecule has 8 heteroatoms. The number of aliphatic hydroxyl groups is 1. The monoisotopic (exact) mass is 577 g/mol. The van der Waals surface area contributed by atoms with E-state index >= 15 is 0 Å². The first-order valence-electron chi connectivity index (χ1n) is 13.9. The first kappa shape index (κ1) is 26.5. The smallest absolute Gasteiger partial charge is 0.265 e. The molecule has 1 amide bonds. The second-order valence-corrected chi connectivity index (χ2v) is 11.7. The number of nitrogens with one attached hydrogen (secondary N) is 1. The number of pyridine rings is 1. The maximum absolute atomic E-state index is 14.4. The molecule has 0 saturated carbocycles. The molecule has 42 heavy (non-hydrogen) atoms. The van der Waals surface area contributed by atoms with Gasteiger partial charge in [0.2, 0.25) is 0 Å². The zero-order chi connectivity index (χ0) is 28.8. The van der Waals surface area contributed by atoms with Crippen molar-refractivity contribution in [2.75, 3.05) is 16.8 Å². The first-order chi connectivity index (χ1) is 20.5. The van der Waals surface area contributed by atoms with E-state index in [4.69, 9.17) is 9.72 Å². The van der Waals surface area contributed by atoms with Crippen molar-refractivity contribution >= 4 is 28.6 Å². The Labute approximate surface area is 247 Å². The van der Waals surface area contributed by atoms with E-state index in [1.165, 1.54) is 28.5 Å². The highest BCUT2D eigenvalue weighted by molar-refractivity contribution is 7.17. The van der Waals surface area contributed by atoms with Crippen LogP contribution in [0.15, 0.2) is 84.9 Å². The number of benzene rings is 3. The highest BCUT2D eigenvalue weighted by atomic mass is 32.1. The second-order valence-electron chi connectivity index (χ2n) is 10.6. The Balaban J connectivity index is 1.18. The number of aliphatic hydroxyl groups excluding tert-OH is 1. The van der Waals surface area contributed by atoms with Crippen LogP contribution in [0.25, 0.3) is 21.7 Å². The lowest BCUT2D eigenvalue weighted by Crippen LogP contribution is -2.30. The molecule has 0 bridgehead atoms. The summed E-state index contributed by atoms with van der Waals surface area (Å²) in [7, 11) is 0. The fourth-order valence-electron chi connectivity index (χ4n) is 5.70. The average Bonchev–Trinajstić information content (AvgIpc) is 3.63. The standard InChI is InChI=1S/C34H28FN3O3S/c1-20-6-4-8-26(35)31(20)37-33(39)30-17-22-14-15-38(29-11-3-2-7-25(29)32(22)42-30)34(40)28-10-5-9-27(36-28)21-12-13-23-18-41-19-24(23)16-21/h2-13,16-17,34,40H,14-15,18-19H2,1H3,(H,37,39). The van der Waals surface area contributed by atoms with E-state index in [-0.39, 0.29) is 11.6 Å². The summed E-state index contributed by atoms with van der Waals surface area (Å²) in [6.07, 6.45) is -0.349. The van der Waals surface area contributed by atoms with E-state index in [9.17, 15) is 14.3 Å². The molecule has 2 aliphatic heterocycles. The Hall–Kier alpha value is -4.37. The van der Waals surface area contributed by atoms with Crippen LogP contribution in [0.5, 0.6) is 0 Å². The van der Waals surface area contributed by atoms with Crippen LogP contribution in [0.3, 0.4) is 0 Å². The van der Waals surface area contributed by atoms with Crippen LogP contribution in [-0.2, 0) is 24.4 Å². The van der Waals surface area contributed by atoms with Crippen molar-refractivity contribution in [2.24, 2.45) is 0 Å². The van der Waals surface area contributed by atoms with E-state index in [2.05, 4.69) is 17.4 Å². The molecule has 1 unspecified atom stereocenters. The summed E-state index contributed by atoms with van der Waals surface area (Å²) in [6.45, 7) is 3.53. The molecule has 0 radical (unpaired) electrons. The highest BCUT2D eigenvalue weighted by Gasteiger charge is 2.28. The average molecular weight is 578 g/mol. The van der Waals surface area contributed by atoms with Crippen LogP contribution in [0, 0.1) is 12.7 Å². The van der Waals surface area contributed by atoms with Crippen LogP contribution >= 0.6 is 11.3 Å². The molecule has 0 fully saturated rings. The minimum Gasteiger partial charge on any atom is -0.372 e. The van der Waals surface area contributed by atoms with E-state index in [0.717, 1.165) is 32.9 Å². The number of fused-ring (bicyclic) bond motifs is 4. The van der Waals surface area contributed by atoms with Gasteiger partial charge in [-0.3, -0.25) is 4.79 Å². The fraction of sp³-hybridized carbons (Fsp3) is 0.176. The third kappa shape index (κ3) is 4.77. The minimum atomic E-state index is -0.968. The van der Waals surface area contributed by atoms with Crippen molar-refractivity contribution in [2.45, 2.75) is 32.8 Å². The molecule has 210 valence electrons. The summed E-state index contributed by atoms with van der Waals surface area (Å²) >= 11 is 1.38. The SMILES string of the molecule is Cc1cccc(F)c1NC(=O)c1cc2c(s1)-c1ccccc1N(C(O)c1cccc(-c3ccc4c(c3)COC4)n1)CC2. The van der Waals surface area contributed by atoms with Gasteiger partial charge in [-0.1, -0.05) is 48.5 Å². The molecular weight excluding hydrogens is 549 g/mol.